The minimum Gasteiger partial charge on any atom is -0.550 e. The summed E-state index contributed by atoms with van der Waals surface area (Å²) in [6.45, 7) is 1.78. The van der Waals surface area contributed by atoms with Crippen molar-refractivity contribution in [1.29, 1.82) is 0 Å². The quantitative estimate of drug-likeness (QED) is 0.310. The van der Waals surface area contributed by atoms with Crippen molar-refractivity contribution >= 4 is 17.9 Å². The van der Waals surface area contributed by atoms with Crippen molar-refractivity contribution < 1.29 is 33.4 Å². The van der Waals surface area contributed by atoms with Gasteiger partial charge in [0.1, 0.15) is 6.54 Å². The second-order valence-corrected chi connectivity index (χ2v) is 5.60. The summed E-state index contributed by atoms with van der Waals surface area (Å²) in [5.41, 5.74) is 0. The molecule has 1 atom stereocenters. The van der Waals surface area contributed by atoms with Crippen molar-refractivity contribution in [3.8, 4) is 0 Å². The average molecular weight is 289 g/mol. The van der Waals surface area contributed by atoms with Crippen molar-refractivity contribution in [2.24, 2.45) is 0 Å². The van der Waals surface area contributed by atoms with E-state index in [1.165, 1.54) is 6.92 Å². The molecule has 0 aromatic rings. The lowest BCUT2D eigenvalue weighted by atomic mass is 10.2. The summed E-state index contributed by atoms with van der Waals surface area (Å²) in [6, 6.07) is 0. The fourth-order valence-electron chi connectivity index (χ4n) is 1.64. The van der Waals surface area contributed by atoms with Gasteiger partial charge < -0.3 is 23.9 Å². The highest BCUT2D eigenvalue weighted by molar-refractivity contribution is 5.71. The van der Waals surface area contributed by atoms with Gasteiger partial charge in [0, 0.05) is 12.9 Å². The Morgan fingerprint density at radius 2 is 1.80 bits per heavy atom. The van der Waals surface area contributed by atoms with Crippen molar-refractivity contribution in [3.63, 3.8) is 0 Å². The van der Waals surface area contributed by atoms with E-state index in [9.17, 15) is 19.5 Å². The standard InChI is InChI=1S/C13H23NO6/c1-10(15)20-11(9-14(2,3)4)8-13(18)19-7-5-6-12(16)17/h11H,5-9H2,1-4H3/t11-/m1/s1. The predicted molar refractivity (Wildman–Crippen MR) is 68.3 cm³/mol. The number of rotatable bonds is 9. The molecule has 0 saturated heterocycles. The molecule has 116 valence electrons. The van der Waals surface area contributed by atoms with Crippen molar-refractivity contribution in [3.05, 3.63) is 0 Å². The van der Waals surface area contributed by atoms with Gasteiger partial charge in [-0.2, -0.15) is 0 Å². The van der Waals surface area contributed by atoms with Gasteiger partial charge in [0.25, 0.3) is 0 Å². The fraction of sp³-hybridized carbons (Fsp3) is 0.769. The monoisotopic (exact) mass is 289 g/mol. The zero-order chi connectivity index (χ0) is 15.8. The summed E-state index contributed by atoms with van der Waals surface area (Å²) < 4.78 is 10.5. The van der Waals surface area contributed by atoms with Crippen LogP contribution in [0.2, 0.25) is 0 Å². The predicted octanol–water partition coefficient (Wildman–Crippen LogP) is -0.912. The molecule has 0 unspecified atom stereocenters. The van der Waals surface area contributed by atoms with Gasteiger partial charge in [0.05, 0.1) is 34.2 Å². The van der Waals surface area contributed by atoms with Crippen LogP contribution in [0.4, 0.5) is 0 Å². The maximum Gasteiger partial charge on any atom is 0.309 e. The molecule has 0 saturated carbocycles. The summed E-state index contributed by atoms with van der Waals surface area (Å²) >= 11 is 0. The Bertz CT molecular complexity index is 347. The van der Waals surface area contributed by atoms with Crippen molar-refractivity contribution in [2.75, 3.05) is 34.3 Å². The summed E-state index contributed by atoms with van der Waals surface area (Å²) in [5.74, 6) is -2.14. The zero-order valence-corrected chi connectivity index (χ0v) is 12.5. The number of nitrogens with zero attached hydrogens (tertiary/aromatic N) is 1. The Labute approximate surface area is 119 Å². The molecule has 7 heteroatoms. The molecule has 0 amide bonds. The molecular weight excluding hydrogens is 266 g/mol. The second kappa shape index (κ2) is 8.52. The first-order chi connectivity index (χ1) is 9.10. The Balaban J connectivity index is 4.18. The van der Waals surface area contributed by atoms with Gasteiger partial charge in [-0.05, 0) is 12.8 Å². The van der Waals surface area contributed by atoms with Gasteiger partial charge in [-0.25, -0.2) is 0 Å². The van der Waals surface area contributed by atoms with Crippen LogP contribution >= 0.6 is 0 Å². The van der Waals surface area contributed by atoms with Crippen LogP contribution in [-0.4, -0.2) is 62.8 Å². The van der Waals surface area contributed by atoms with E-state index in [4.69, 9.17) is 9.47 Å². The largest absolute Gasteiger partial charge is 0.550 e. The summed E-state index contributed by atoms with van der Waals surface area (Å²) in [4.78, 5) is 32.8. The Hall–Kier alpha value is -1.63. The molecule has 0 spiro atoms. The average Bonchev–Trinajstić information content (AvgIpc) is 2.20. The number of hydrogen-bond donors (Lipinski definition) is 0. The van der Waals surface area contributed by atoms with Crippen LogP contribution in [0.3, 0.4) is 0 Å². The highest BCUT2D eigenvalue weighted by Gasteiger charge is 2.24. The van der Waals surface area contributed by atoms with Crippen LogP contribution in [0.25, 0.3) is 0 Å². The van der Waals surface area contributed by atoms with Crippen LogP contribution in [0, 0.1) is 0 Å². The number of quaternary nitrogens is 1. The number of carboxylic acids is 1. The van der Waals surface area contributed by atoms with Gasteiger partial charge in [0.15, 0.2) is 6.10 Å². The van der Waals surface area contributed by atoms with Gasteiger partial charge in [-0.15, -0.1) is 0 Å². The van der Waals surface area contributed by atoms with Crippen LogP contribution < -0.4 is 5.11 Å². The third-order valence-corrected chi connectivity index (χ3v) is 2.27. The number of ether oxygens (including phenoxy) is 2. The SMILES string of the molecule is CC(=O)O[C@H](CC(=O)OCCCC(=O)[O-])C[N+](C)(C)C. The zero-order valence-electron chi connectivity index (χ0n) is 12.5. The van der Waals surface area contributed by atoms with Crippen LogP contribution in [-0.2, 0) is 23.9 Å². The number of aliphatic carboxylic acids is 1. The van der Waals surface area contributed by atoms with E-state index in [0.29, 0.717) is 11.0 Å². The number of carboxylic acid groups (broad SMARTS) is 1. The second-order valence-electron chi connectivity index (χ2n) is 5.60. The van der Waals surface area contributed by atoms with Crippen molar-refractivity contribution in [2.45, 2.75) is 32.3 Å². The first kappa shape index (κ1) is 18.4. The topological polar surface area (TPSA) is 92.7 Å². The molecule has 0 aromatic carbocycles. The third kappa shape index (κ3) is 11.5. The molecule has 0 radical (unpaired) electrons. The molecule has 0 heterocycles. The van der Waals surface area contributed by atoms with Gasteiger partial charge in [-0.1, -0.05) is 0 Å². The Morgan fingerprint density at radius 1 is 1.20 bits per heavy atom. The normalized spacial score (nSPS) is 12.6. The molecule has 20 heavy (non-hydrogen) atoms. The molecule has 0 aromatic heterocycles. The number of carbonyl (C=O) groups is 3. The molecular formula is C13H23NO6. The maximum absolute atomic E-state index is 11.6. The number of esters is 2. The van der Waals surface area contributed by atoms with E-state index in [1.807, 2.05) is 21.1 Å². The van der Waals surface area contributed by atoms with Crippen LogP contribution in [0.15, 0.2) is 0 Å². The number of likely N-dealkylation sites (N-methyl/N-ethyl adjacent to an activating group) is 1. The van der Waals surface area contributed by atoms with E-state index in [2.05, 4.69) is 0 Å². The highest BCUT2D eigenvalue weighted by atomic mass is 16.6. The fourth-order valence-corrected chi connectivity index (χ4v) is 1.64. The first-order valence-electron chi connectivity index (χ1n) is 6.43. The molecule has 0 aliphatic rings. The van der Waals surface area contributed by atoms with E-state index in [1.54, 1.807) is 0 Å². The Morgan fingerprint density at radius 3 is 2.25 bits per heavy atom. The number of carbonyl (C=O) groups excluding carboxylic acids is 3. The molecule has 0 rings (SSSR count). The Kier molecular flexibility index (Phi) is 7.83. The smallest absolute Gasteiger partial charge is 0.309 e. The summed E-state index contributed by atoms with van der Waals surface area (Å²) in [6.07, 6.45) is -0.539. The van der Waals surface area contributed by atoms with Crippen LogP contribution in [0.5, 0.6) is 0 Å². The number of hydrogen-bond acceptors (Lipinski definition) is 6. The summed E-state index contributed by atoms with van der Waals surface area (Å²) in [5, 5.41) is 10.2. The maximum atomic E-state index is 11.6. The van der Waals surface area contributed by atoms with Crippen LogP contribution in [0.1, 0.15) is 26.2 Å². The highest BCUT2D eigenvalue weighted by Crippen LogP contribution is 2.07. The minimum absolute atomic E-state index is 0.0178. The van der Waals surface area contributed by atoms with E-state index in [-0.39, 0.29) is 25.9 Å². The van der Waals surface area contributed by atoms with E-state index >= 15 is 0 Å². The molecule has 7 nitrogen and oxygen atoms in total. The molecule has 0 bridgehead atoms. The summed E-state index contributed by atoms with van der Waals surface area (Å²) in [7, 11) is 5.76. The lowest BCUT2D eigenvalue weighted by molar-refractivity contribution is -0.873. The van der Waals surface area contributed by atoms with E-state index in [0.717, 1.165) is 0 Å². The molecule has 0 aliphatic carbocycles. The lowest BCUT2D eigenvalue weighted by Crippen LogP contribution is -2.43. The molecule has 0 fully saturated rings. The molecule has 0 aliphatic heterocycles. The minimum atomic E-state index is -1.18. The van der Waals surface area contributed by atoms with E-state index < -0.39 is 24.0 Å². The van der Waals surface area contributed by atoms with Crippen molar-refractivity contribution in [1.82, 2.24) is 0 Å². The first-order valence-corrected chi connectivity index (χ1v) is 6.43. The van der Waals surface area contributed by atoms with Gasteiger partial charge in [0.2, 0.25) is 0 Å². The third-order valence-electron chi connectivity index (χ3n) is 2.27. The molecule has 0 N–H and O–H groups in total. The van der Waals surface area contributed by atoms with Gasteiger partial charge in [-0.3, -0.25) is 9.59 Å². The lowest BCUT2D eigenvalue weighted by Gasteiger charge is -2.28. The van der Waals surface area contributed by atoms with Gasteiger partial charge >= 0.3 is 11.9 Å².